The zero-order valence-electron chi connectivity index (χ0n) is 15.3. The van der Waals surface area contributed by atoms with Crippen LogP contribution in [0, 0.1) is 0 Å². The number of amides is 1. The van der Waals surface area contributed by atoms with Gasteiger partial charge >= 0.3 is 0 Å². The third-order valence-corrected chi connectivity index (χ3v) is 7.73. The van der Waals surface area contributed by atoms with Crippen LogP contribution < -0.4 is 10.1 Å². The summed E-state index contributed by atoms with van der Waals surface area (Å²) in [6.07, 6.45) is 3.50. The highest BCUT2D eigenvalue weighted by Gasteiger charge is 2.33. The van der Waals surface area contributed by atoms with E-state index >= 15 is 0 Å². The van der Waals surface area contributed by atoms with Crippen LogP contribution in [0.25, 0.3) is 0 Å². The Morgan fingerprint density at radius 1 is 1.27 bits per heavy atom. The Bertz CT molecular complexity index is 729. The molecule has 1 aliphatic heterocycles. The van der Waals surface area contributed by atoms with Crippen molar-refractivity contribution in [1.82, 2.24) is 10.2 Å². The minimum Gasteiger partial charge on any atom is -0.496 e. The summed E-state index contributed by atoms with van der Waals surface area (Å²) < 4.78 is 30.4. The van der Waals surface area contributed by atoms with Gasteiger partial charge in [0.25, 0.3) is 0 Å². The molecule has 3 rings (SSSR count). The molecule has 6 nitrogen and oxygen atoms in total. The highest BCUT2D eigenvalue weighted by atomic mass is 32.2. The van der Waals surface area contributed by atoms with Gasteiger partial charge in [0.15, 0.2) is 9.84 Å². The smallest absolute Gasteiger partial charge is 0.224 e. The van der Waals surface area contributed by atoms with Crippen molar-refractivity contribution in [3.05, 3.63) is 29.8 Å². The maximum Gasteiger partial charge on any atom is 0.224 e. The second-order valence-corrected chi connectivity index (χ2v) is 9.47. The summed E-state index contributed by atoms with van der Waals surface area (Å²) >= 11 is 0. The van der Waals surface area contributed by atoms with Crippen molar-refractivity contribution in [1.29, 1.82) is 0 Å². The Morgan fingerprint density at radius 2 is 2.00 bits per heavy atom. The number of sulfone groups is 1. The molecule has 1 aliphatic carbocycles. The molecule has 0 bridgehead atoms. The van der Waals surface area contributed by atoms with E-state index in [1.165, 1.54) is 0 Å². The lowest BCUT2D eigenvalue weighted by Crippen LogP contribution is -2.49. The molecule has 7 heteroatoms. The third kappa shape index (κ3) is 4.20. The lowest BCUT2D eigenvalue weighted by molar-refractivity contribution is -0.134. The van der Waals surface area contributed by atoms with Crippen LogP contribution in [-0.4, -0.2) is 57.0 Å². The summed E-state index contributed by atoms with van der Waals surface area (Å²) in [5.41, 5.74) is 0.953. The van der Waals surface area contributed by atoms with Gasteiger partial charge < -0.3 is 15.0 Å². The minimum absolute atomic E-state index is 0.0426. The zero-order chi connectivity index (χ0) is 18.6. The van der Waals surface area contributed by atoms with Gasteiger partial charge in [0.1, 0.15) is 5.75 Å². The molecule has 26 heavy (non-hydrogen) atoms. The summed E-state index contributed by atoms with van der Waals surface area (Å²) in [5.74, 6) is 0.612. The first-order valence-corrected chi connectivity index (χ1v) is 11.1. The van der Waals surface area contributed by atoms with E-state index in [-0.39, 0.29) is 29.4 Å². The largest absolute Gasteiger partial charge is 0.496 e. The first-order valence-electron chi connectivity index (χ1n) is 9.37. The van der Waals surface area contributed by atoms with Gasteiger partial charge in [0.2, 0.25) is 5.91 Å². The maximum atomic E-state index is 12.8. The number of piperazine rings is 1. The van der Waals surface area contributed by atoms with E-state index in [2.05, 4.69) is 5.32 Å². The minimum atomic E-state index is -3.18. The highest BCUT2D eigenvalue weighted by molar-refractivity contribution is 7.92. The highest BCUT2D eigenvalue weighted by Crippen LogP contribution is 2.31. The summed E-state index contributed by atoms with van der Waals surface area (Å²) in [6.45, 7) is 1.93. The van der Waals surface area contributed by atoms with Crippen LogP contribution in [0.3, 0.4) is 0 Å². The molecule has 1 saturated carbocycles. The van der Waals surface area contributed by atoms with Gasteiger partial charge in [-0.15, -0.1) is 0 Å². The monoisotopic (exact) mass is 380 g/mol. The van der Waals surface area contributed by atoms with Crippen molar-refractivity contribution in [2.75, 3.05) is 32.5 Å². The number of hydrogen-bond donors (Lipinski definition) is 1. The molecule has 1 saturated heterocycles. The summed E-state index contributed by atoms with van der Waals surface area (Å²) in [4.78, 5) is 14.6. The second-order valence-electron chi connectivity index (χ2n) is 7.07. The molecular formula is C19H28N2O4S. The van der Waals surface area contributed by atoms with Crippen molar-refractivity contribution < 1.29 is 17.9 Å². The Morgan fingerprint density at radius 3 is 2.73 bits per heavy atom. The van der Waals surface area contributed by atoms with Crippen LogP contribution in [0.5, 0.6) is 5.75 Å². The average Bonchev–Trinajstić information content (AvgIpc) is 3.22. The predicted molar refractivity (Wildman–Crippen MR) is 101 cm³/mol. The van der Waals surface area contributed by atoms with Crippen LogP contribution in [0.1, 0.15) is 43.7 Å². The molecule has 0 radical (unpaired) electrons. The molecule has 1 aromatic rings. The molecule has 1 amide bonds. The number of methoxy groups -OCH3 is 1. The Balaban J connectivity index is 1.70. The molecule has 0 spiro atoms. The van der Waals surface area contributed by atoms with Crippen LogP contribution in [0.2, 0.25) is 0 Å². The zero-order valence-corrected chi connectivity index (χ0v) is 16.1. The molecule has 1 atom stereocenters. The van der Waals surface area contributed by atoms with Crippen LogP contribution in [-0.2, 0) is 14.6 Å². The van der Waals surface area contributed by atoms with E-state index < -0.39 is 9.84 Å². The van der Waals surface area contributed by atoms with E-state index in [1.54, 1.807) is 12.0 Å². The van der Waals surface area contributed by atoms with Gasteiger partial charge in [-0.05, 0) is 18.9 Å². The first kappa shape index (κ1) is 19.2. The summed E-state index contributed by atoms with van der Waals surface area (Å²) in [7, 11) is -1.56. The lowest BCUT2D eigenvalue weighted by atomic mass is 10.0. The van der Waals surface area contributed by atoms with Gasteiger partial charge in [-0.3, -0.25) is 4.79 Å². The van der Waals surface area contributed by atoms with Gasteiger partial charge in [-0.25, -0.2) is 8.42 Å². The van der Waals surface area contributed by atoms with E-state index in [0.717, 1.165) is 37.0 Å². The molecule has 144 valence electrons. The van der Waals surface area contributed by atoms with Crippen LogP contribution >= 0.6 is 0 Å². The molecule has 1 unspecified atom stereocenters. The number of carbonyl (C=O) groups is 1. The number of nitrogens with one attached hydrogen (secondary N) is 1. The third-order valence-electron chi connectivity index (χ3n) is 5.47. The number of rotatable bonds is 6. The fourth-order valence-corrected chi connectivity index (χ4v) is 5.85. The van der Waals surface area contributed by atoms with E-state index in [4.69, 9.17) is 4.74 Å². The van der Waals surface area contributed by atoms with E-state index in [1.807, 2.05) is 24.3 Å². The number of nitrogens with zero attached hydrogens (tertiary/aromatic N) is 1. The molecule has 2 fully saturated rings. The van der Waals surface area contributed by atoms with Crippen molar-refractivity contribution in [2.24, 2.45) is 0 Å². The van der Waals surface area contributed by atoms with Gasteiger partial charge in [-0.1, -0.05) is 31.0 Å². The van der Waals surface area contributed by atoms with Crippen LogP contribution in [0.15, 0.2) is 24.3 Å². The van der Waals surface area contributed by atoms with Crippen molar-refractivity contribution in [2.45, 2.75) is 43.4 Å². The molecule has 1 aromatic carbocycles. The Kier molecular flexibility index (Phi) is 6.19. The fourth-order valence-electron chi connectivity index (χ4n) is 4.01. The van der Waals surface area contributed by atoms with Crippen molar-refractivity contribution >= 4 is 15.7 Å². The number of carbonyl (C=O) groups excluding carboxylic acids is 1. The second kappa shape index (κ2) is 8.39. The van der Waals surface area contributed by atoms with Crippen LogP contribution in [0.4, 0.5) is 0 Å². The fraction of sp³-hybridized carbons (Fsp3) is 0.632. The standard InChI is InChI=1S/C19H28N2O4S/c1-25-18-9-5-4-8-16(18)17-14-20-11-12-21(17)19(22)10-13-26(23,24)15-6-2-3-7-15/h4-5,8-9,15,17,20H,2-3,6-7,10-14H2,1H3. The SMILES string of the molecule is COc1ccccc1C1CNCCN1C(=O)CCS(=O)(=O)C1CCCC1. The molecule has 2 aliphatic rings. The summed E-state index contributed by atoms with van der Waals surface area (Å²) in [6, 6.07) is 7.54. The predicted octanol–water partition coefficient (Wildman–Crippen LogP) is 1.92. The Labute approximate surface area is 155 Å². The molecule has 1 heterocycles. The van der Waals surface area contributed by atoms with Crippen molar-refractivity contribution in [3.63, 3.8) is 0 Å². The van der Waals surface area contributed by atoms with E-state index in [0.29, 0.717) is 19.6 Å². The first-order chi connectivity index (χ1) is 12.5. The number of hydrogen-bond acceptors (Lipinski definition) is 5. The van der Waals surface area contributed by atoms with Gasteiger partial charge in [0.05, 0.1) is 24.2 Å². The Hall–Kier alpha value is -1.60. The van der Waals surface area contributed by atoms with Gasteiger partial charge in [0, 0.05) is 31.6 Å². The molecule has 0 aromatic heterocycles. The normalized spacial score (nSPS) is 21.7. The summed E-state index contributed by atoms with van der Waals surface area (Å²) in [5, 5.41) is 3.07. The number of para-hydroxylation sites is 1. The lowest BCUT2D eigenvalue weighted by Gasteiger charge is -2.37. The van der Waals surface area contributed by atoms with E-state index in [9.17, 15) is 13.2 Å². The van der Waals surface area contributed by atoms with Gasteiger partial charge in [-0.2, -0.15) is 0 Å². The molecule has 1 N–H and O–H groups in total. The maximum absolute atomic E-state index is 12.8. The quantitative estimate of drug-likeness (QED) is 0.816. The topological polar surface area (TPSA) is 75.7 Å². The molecular weight excluding hydrogens is 352 g/mol. The number of benzene rings is 1. The number of ether oxygens (including phenoxy) is 1. The average molecular weight is 381 g/mol. The van der Waals surface area contributed by atoms with Crippen molar-refractivity contribution in [3.8, 4) is 5.75 Å².